The number of benzene rings is 2. The van der Waals surface area contributed by atoms with Crippen LogP contribution in [0.1, 0.15) is 47.2 Å². The van der Waals surface area contributed by atoms with Crippen LogP contribution in [0.5, 0.6) is 0 Å². The molecule has 1 aromatic heterocycles. The van der Waals surface area contributed by atoms with Crippen LogP contribution in [-0.2, 0) is 11.8 Å². The van der Waals surface area contributed by atoms with Gasteiger partial charge in [0.1, 0.15) is 0 Å². The first-order valence-electron chi connectivity index (χ1n) is 10.6. The summed E-state index contributed by atoms with van der Waals surface area (Å²) in [4.78, 5) is 25.2. The maximum atomic E-state index is 12.8. The molecular formula is C24H28BrN5O2S. The molecule has 0 bridgehead atoms. The number of hydrogen-bond acceptors (Lipinski definition) is 5. The highest BCUT2D eigenvalue weighted by molar-refractivity contribution is 9.10. The Hall–Kier alpha value is -2.65. The quantitative estimate of drug-likeness (QED) is 0.398. The van der Waals surface area contributed by atoms with Crippen molar-refractivity contribution in [1.29, 1.82) is 0 Å². The summed E-state index contributed by atoms with van der Waals surface area (Å²) < 4.78 is 2.80. The summed E-state index contributed by atoms with van der Waals surface area (Å²) in [6.07, 6.45) is 0. The first-order valence-corrected chi connectivity index (χ1v) is 12.4. The maximum absolute atomic E-state index is 12.8. The van der Waals surface area contributed by atoms with E-state index in [9.17, 15) is 9.59 Å². The molecule has 0 spiro atoms. The van der Waals surface area contributed by atoms with Crippen molar-refractivity contribution < 1.29 is 9.59 Å². The van der Waals surface area contributed by atoms with Gasteiger partial charge >= 0.3 is 0 Å². The SMILES string of the molecule is Cc1ccc(C(=O)N[C@H](c2nnc(SCC(=O)Nc3ccc(Br)cc3C)n2C)C(C)C)cc1. The van der Waals surface area contributed by atoms with E-state index in [1.165, 1.54) is 11.8 Å². The summed E-state index contributed by atoms with van der Waals surface area (Å²) in [6, 6.07) is 12.8. The van der Waals surface area contributed by atoms with Gasteiger partial charge in [-0.05, 0) is 55.7 Å². The van der Waals surface area contributed by atoms with Gasteiger partial charge in [0.2, 0.25) is 5.91 Å². The van der Waals surface area contributed by atoms with Crippen LogP contribution in [0.3, 0.4) is 0 Å². The summed E-state index contributed by atoms with van der Waals surface area (Å²) >= 11 is 4.73. The van der Waals surface area contributed by atoms with Crippen LogP contribution >= 0.6 is 27.7 Å². The topological polar surface area (TPSA) is 88.9 Å². The number of rotatable bonds is 8. The maximum Gasteiger partial charge on any atom is 0.251 e. The fourth-order valence-electron chi connectivity index (χ4n) is 3.27. The monoisotopic (exact) mass is 529 g/mol. The molecule has 0 aliphatic carbocycles. The number of hydrogen-bond donors (Lipinski definition) is 2. The van der Waals surface area contributed by atoms with Gasteiger partial charge in [0.15, 0.2) is 11.0 Å². The van der Waals surface area contributed by atoms with Crippen LogP contribution in [0.4, 0.5) is 5.69 Å². The highest BCUT2D eigenvalue weighted by atomic mass is 79.9. The zero-order chi connectivity index (χ0) is 24.1. The molecule has 174 valence electrons. The summed E-state index contributed by atoms with van der Waals surface area (Å²) in [5, 5.41) is 15.2. The van der Waals surface area contributed by atoms with Crippen molar-refractivity contribution in [2.75, 3.05) is 11.1 Å². The number of carbonyl (C=O) groups excluding carboxylic acids is 2. The van der Waals surface area contributed by atoms with Crippen LogP contribution in [-0.4, -0.2) is 32.3 Å². The molecule has 1 heterocycles. The standard InChI is InChI=1S/C24H28BrN5O2S/c1-14(2)21(27-23(32)17-8-6-15(3)7-9-17)22-28-29-24(30(22)5)33-13-20(31)26-19-11-10-18(25)12-16(19)4/h6-12,14,21H,13H2,1-5H3,(H,26,31)(H,27,32)/t21-/m0/s1. The van der Waals surface area contributed by atoms with Gasteiger partial charge in [-0.25, -0.2) is 0 Å². The summed E-state index contributed by atoms with van der Waals surface area (Å²) in [6.45, 7) is 7.97. The van der Waals surface area contributed by atoms with Gasteiger partial charge in [-0.1, -0.05) is 59.2 Å². The molecule has 33 heavy (non-hydrogen) atoms. The number of aryl methyl sites for hydroxylation is 2. The third-order valence-corrected chi connectivity index (χ3v) is 6.72. The minimum atomic E-state index is -0.315. The summed E-state index contributed by atoms with van der Waals surface area (Å²) in [5.74, 6) is 0.669. The van der Waals surface area contributed by atoms with Gasteiger partial charge in [0.25, 0.3) is 5.91 Å². The first-order chi connectivity index (χ1) is 15.7. The minimum absolute atomic E-state index is 0.101. The van der Waals surface area contributed by atoms with Crippen molar-refractivity contribution in [3.05, 3.63) is 69.5 Å². The first kappa shape index (κ1) is 25.0. The number of anilines is 1. The normalized spacial score (nSPS) is 12.0. The van der Waals surface area contributed by atoms with Gasteiger partial charge in [-0.3, -0.25) is 9.59 Å². The fraction of sp³-hybridized carbons (Fsp3) is 0.333. The second-order valence-corrected chi connectivity index (χ2v) is 10.1. The van der Waals surface area contributed by atoms with E-state index in [-0.39, 0.29) is 29.5 Å². The molecule has 0 saturated heterocycles. The number of carbonyl (C=O) groups is 2. The lowest BCUT2D eigenvalue weighted by Crippen LogP contribution is -2.33. The predicted octanol–water partition coefficient (Wildman–Crippen LogP) is 5.05. The number of thioether (sulfide) groups is 1. The highest BCUT2D eigenvalue weighted by Crippen LogP contribution is 2.25. The van der Waals surface area contributed by atoms with Crippen LogP contribution in [0.15, 0.2) is 52.1 Å². The molecule has 0 aliphatic rings. The molecule has 0 radical (unpaired) electrons. The molecular weight excluding hydrogens is 502 g/mol. The van der Waals surface area contributed by atoms with Gasteiger partial charge < -0.3 is 15.2 Å². The third-order valence-electron chi connectivity index (χ3n) is 5.21. The molecule has 1 atom stereocenters. The van der Waals surface area contributed by atoms with E-state index in [1.807, 2.05) is 81.8 Å². The number of nitrogens with zero attached hydrogens (tertiary/aromatic N) is 3. The molecule has 0 fully saturated rings. The van der Waals surface area contributed by atoms with Crippen molar-refractivity contribution in [2.24, 2.45) is 13.0 Å². The Morgan fingerprint density at radius 1 is 1.09 bits per heavy atom. The molecule has 0 unspecified atom stereocenters. The van der Waals surface area contributed by atoms with Crippen molar-refractivity contribution in [3.63, 3.8) is 0 Å². The molecule has 2 amide bonds. The summed E-state index contributed by atoms with van der Waals surface area (Å²) in [7, 11) is 1.85. The smallest absolute Gasteiger partial charge is 0.251 e. The number of halogens is 1. The van der Waals surface area contributed by atoms with E-state index >= 15 is 0 Å². The molecule has 9 heteroatoms. The van der Waals surface area contributed by atoms with Gasteiger partial charge in [0, 0.05) is 22.8 Å². The molecule has 0 saturated carbocycles. The van der Waals surface area contributed by atoms with Crippen molar-refractivity contribution in [3.8, 4) is 0 Å². The Kier molecular flexibility index (Phi) is 8.31. The van der Waals surface area contributed by atoms with E-state index in [0.29, 0.717) is 16.5 Å². The number of nitrogens with one attached hydrogen (secondary N) is 2. The minimum Gasteiger partial charge on any atom is -0.342 e. The van der Waals surface area contributed by atoms with Crippen molar-refractivity contribution in [1.82, 2.24) is 20.1 Å². The predicted molar refractivity (Wildman–Crippen MR) is 135 cm³/mol. The lowest BCUT2D eigenvalue weighted by atomic mass is 10.0. The van der Waals surface area contributed by atoms with Gasteiger partial charge in [-0.2, -0.15) is 0 Å². The summed E-state index contributed by atoms with van der Waals surface area (Å²) in [5.41, 5.74) is 3.46. The van der Waals surface area contributed by atoms with E-state index in [1.54, 1.807) is 0 Å². The second kappa shape index (κ2) is 11.0. The molecule has 3 rings (SSSR count). The van der Waals surface area contributed by atoms with Crippen LogP contribution in [0, 0.1) is 19.8 Å². The third kappa shape index (κ3) is 6.45. The lowest BCUT2D eigenvalue weighted by Gasteiger charge is -2.21. The van der Waals surface area contributed by atoms with Gasteiger partial charge in [-0.15, -0.1) is 10.2 Å². The van der Waals surface area contributed by atoms with Crippen LogP contribution in [0.2, 0.25) is 0 Å². The molecule has 2 aromatic carbocycles. The fourth-order valence-corrected chi connectivity index (χ4v) is 4.46. The number of aromatic nitrogens is 3. The van der Waals surface area contributed by atoms with E-state index < -0.39 is 0 Å². The Labute approximate surface area is 206 Å². The zero-order valence-electron chi connectivity index (χ0n) is 19.3. The average Bonchev–Trinajstić information content (AvgIpc) is 3.12. The van der Waals surface area contributed by atoms with Gasteiger partial charge in [0.05, 0.1) is 11.8 Å². The zero-order valence-corrected chi connectivity index (χ0v) is 21.8. The molecule has 7 nitrogen and oxygen atoms in total. The Morgan fingerprint density at radius 3 is 2.42 bits per heavy atom. The Balaban J connectivity index is 1.66. The highest BCUT2D eigenvalue weighted by Gasteiger charge is 2.25. The number of amides is 2. The van der Waals surface area contributed by atoms with E-state index in [0.717, 1.165) is 21.3 Å². The molecule has 2 N–H and O–H groups in total. The van der Waals surface area contributed by atoms with Crippen LogP contribution in [0.25, 0.3) is 0 Å². The average molecular weight is 530 g/mol. The van der Waals surface area contributed by atoms with Crippen molar-refractivity contribution >= 4 is 45.2 Å². The second-order valence-electron chi connectivity index (χ2n) is 8.26. The Bertz CT molecular complexity index is 1140. The molecule has 3 aromatic rings. The molecule has 0 aliphatic heterocycles. The van der Waals surface area contributed by atoms with Crippen molar-refractivity contribution in [2.45, 2.75) is 38.9 Å². The lowest BCUT2D eigenvalue weighted by molar-refractivity contribution is -0.113. The van der Waals surface area contributed by atoms with Crippen LogP contribution < -0.4 is 10.6 Å². The largest absolute Gasteiger partial charge is 0.342 e. The van der Waals surface area contributed by atoms with E-state index in [4.69, 9.17) is 0 Å². The Morgan fingerprint density at radius 2 is 1.79 bits per heavy atom. The van der Waals surface area contributed by atoms with E-state index in [2.05, 4.69) is 36.8 Å².